The van der Waals surface area contributed by atoms with E-state index in [4.69, 9.17) is 0 Å². The van der Waals surface area contributed by atoms with E-state index >= 15 is 0 Å². The van der Waals surface area contributed by atoms with Gasteiger partial charge in [0.15, 0.2) is 0 Å². The molecule has 0 aliphatic rings. The Kier molecular flexibility index (Phi) is 5.54. The van der Waals surface area contributed by atoms with Gasteiger partial charge >= 0.3 is 0 Å². The average molecular weight is 219 g/mol. The van der Waals surface area contributed by atoms with Gasteiger partial charge in [-0.25, -0.2) is 0 Å². The SMILES string of the molecule is CCCC(C)NCc1ccc(C(C)C)cc1. The highest BCUT2D eigenvalue weighted by Crippen LogP contribution is 2.14. The van der Waals surface area contributed by atoms with Gasteiger partial charge in [0.1, 0.15) is 0 Å². The van der Waals surface area contributed by atoms with Gasteiger partial charge in [0.05, 0.1) is 0 Å². The van der Waals surface area contributed by atoms with Gasteiger partial charge < -0.3 is 5.32 Å². The Morgan fingerprint density at radius 1 is 1.06 bits per heavy atom. The van der Waals surface area contributed by atoms with Crippen LogP contribution in [-0.4, -0.2) is 6.04 Å². The quantitative estimate of drug-likeness (QED) is 0.760. The third-order valence-corrected chi connectivity index (χ3v) is 3.02. The van der Waals surface area contributed by atoms with E-state index in [-0.39, 0.29) is 0 Å². The molecule has 1 atom stereocenters. The van der Waals surface area contributed by atoms with Crippen LogP contribution in [0.15, 0.2) is 24.3 Å². The maximum Gasteiger partial charge on any atom is 0.0207 e. The molecular formula is C15H25N. The molecule has 0 saturated heterocycles. The zero-order valence-electron chi connectivity index (χ0n) is 11.1. The van der Waals surface area contributed by atoms with Crippen molar-refractivity contribution in [3.8, 4) is 0 Å². The fraction of sp³-hybridized carbons (Fsp3) is 0.600. The summed E-state index contributed by atoms with van der Waals surface area (Å²) in [6, 6.07) is 9.58. The molecule has 0 amide bonds. The Morgan fingerprint density at radius 3 is 2.19 bits per heavy atom. The number of benzene rings is 1. The standard InChI is InChI=1S/C15H25N/c1-5-6-13(4)16-11-14-7-9-15(10-8-14)12(2)3/h7-10,12-13,16H,5-6,11H2,1-4H3. The Hall–Kier alpha value is -0.820. The molecule has 1 unspecified atom stereocenters. The van der Waals surface area contributed by atoms with E-state index in [0.717, 1.165) is 6.54 Å². The fourth-order valence-corrected chi connectivity index (χ4v) is 1.85. The van der Waals surface area contributed by atoms with Gasteiger partial charge in [0.2, 0.25) is 0 Å². The lowest BCUT2D eigenvalue weighted by Crippen LogP contribution is -2.25. The van der Waals surface area contributed by atoms with Crippen molar-refractivity contribution >= 4 is 0 Å². The summed E-state index contributed by atoms with van der Waals surface area (Å²) in [7, 11) is 0. The molecule has 0 saturated carbocycles. The summed E-state index contributed by atoms with van der Waals surface area (Å²) in [5.41, 5.74) is 2.80. The number of hydrogen-bond donors (Lipinski definition) is 1. The minimum absolute atomic E-state index is 0.620. The highest BCUT2D eigenvalue weighted by Gasteiger charge is 2.01. The Labute approximate surface area is 100 Å². The highest BCUT2D eigenvalue weighted by molar-refractivity contribution is 5.24. The predicted octanol–water partition coefficient (Wildman–Crippen LogP) is 4.09. The second-order valence-corrected chi connectivity index (χ2v) is 4.97. The van der Waals surface area contributed by atoms with Crippen LogP contribution in [0, 0.1) is 0 Å². The van der Waals surface area contributed by atoms with Gasteiger partial charge in [-0.2, -0.15) is 0 Å². The Balaban J connectivity index is 2.43. The molecule has 0 bridgehead atoms. The van der Waals surface area contributed by atoms with E-state index in [1.165, 1.54) is 24.0 Å². The van der Waals surface area contributed by atoms with Crippen molar-refractivity contribution < 1.29 is 0 Å². The zero-order chi connectivity index (χ0) is 12.0. The van der Waals surface area contributed by atoms with E-state index in [1.807, 2.05) is 0 Å². The lowest BCUT2D eigenvalue weighted by atomic mass is 10.0. The normalized spacial score (nSPS) is 13.1. The highest BCUT2D eigenvalue weighted by atomic mass is 14.9. The second-order valence-electron chi connectivity index (χ2n) is 4.97. The van der Waals surface area contributed by atoms with Crippen molar-refractivity contribution in [2.75, 3.05) is 0 Å². The van der Waals surface area contributed by atoms with Crippen LogP contribution in [-0.2, 0) is 6.54 Å². The third kappa shape index (κ3) is 4.36. The number of hydrogen-bond acceptors (Lipinski definition) is 1. The van der Waals surface area contributed by atoms with E-state index in [9.17, 15) is 0 Å². The third-order valence-electron chi connectivity index (χ3n) is 3.02. The van der Waals surface area contributed by atoms with Crippen LogP contribution in [0.3, 0.4) is 0 Å². The molecule has 1 N–H and O–H groups in total. The van der Waals surface area contributed by atoms with E-state index in [0.29, 0.717) is 12.0 Å². The molecule has 1 aromatic carbocycles. The smallest absolute Gasteiger partial charge is 0.0207 e. The Bertz CT molecular complexity index is 287. The molecule has 0 radical (unpaired) electrons. The summed E-state index contributed by atoms with van der Waals surface area (Å²) >= 11 is 0. The van der Waals surface area contributed by atoms with Crippen molar-refractivity contribution in [1.29, 1.82) is 0 Å². The van der Waals surface area contributed by atoms with Gasteiger partial charge in [-0.3, -0.25) is 0 Å². The molecule has 0 aromatic heterocycles. The molecule has 90 valence electrons. The fourth-order valence-electron chi connectivity index (χ4n) is 1.85. The Morgan fingerprint density at radius 2 is 1.69 bits per heavy atom. The van der Waals surface area contributed by atoms with Crippen LogP contribution in [0.2, 0.25) is 0 Å². The van der Waals surface area contributed by atoms with Gasteiger partial charge in [-0.15, -0.1) is 0 Å². The van der Waals surface area contributed by atoms with E-state index in [1.54, 1.807) is 0 Å². The molecule has 1 aromatic rings. The summed E-state index contributed by atoms with van der Waals surface area (Å²) in [4.78, 5) is 0. The first-order chi connectivity index (χ1) is 7.63. The molecule has 0 aliphatic heterocycles. The zero-order valence-corrected chi connectivity index (χ0v) is 11.1. The van der Waals surface area contributed by atoms with Crippen LogP contribution < -0.4 is 5.32 Å². The molecule has 0 spiro atoms. The first kappa shape index (κ1) is 13.2. The van der Waals surface area contributed by atoms with Crippen LogP contribution in [0.5, 0.6) is 0 Å². The predicted molar refractivity (Wildman–Crippen MR) is 71.7 cm³/mol. The molecule has 1 nitrogen and oxygen atoms in total. The van der Waals surface area contributed by atoms with Crippen LogP contribution in [0.25, 0.3) is 0 Å². The molecule has 0 fully saturated rings. The largest absolute Gasteiger partial charge is 0.310 e. The molecule has 0 aliphatic carbocycles. The number of nitrogens with one attached hydrogen (secondary N) is 1. The summed E-state index contributed by atoms with van der Waals surface area (Å²) in [6.07, 6.45) is 2.50. The molecule has 1 heteroatoms. The lowest BCUT2D eigenvalue weighted by molar-refractivity contribution is 0.508. The van der Waals surface area contributed by atoms with E-state index < -0.39 is 0 Å². The van der Waals surface area contributed by atoms with Gasteiger partial charge in [-0.05, 0) is 30.4 Å². The van der Waals surface area contributed by atoms with Crippen molar-refractivity contribution in [2.45, 2.75) is 59.0 Å². The monoisotopic (exact) mass is 219 g/mol. The minimum atomic E-state index is 0.620. The summed E-state index contributed by atoms with van der Waals surface area (Å²) in [5, 5.41) is 3.55. The van der Waals surface area contributed by atoms with Crippen molar-refractivity contribution in [2.24, 2.45) is 0 Å². The van der Waals surface area contributed by atoms with Crippen LogP contribution in [0.4, 0.5) is 0 Å². The van der Waals surface area contributed by atoms with Gasteiger partial charge in [-0.1, -0.05) is 51.5 Å². The molecular weight excluding hydrogens is 194 g/mol. The molecule has 0 heterocycles. The lowest BCUT2D eigenvalue weighted by Gasteiger charge is -2.13. The first-order valence-corrected chi connectivity index (χ1v) is 6.45. The maximum absolute atomic E-state index is 3.55. The topological polar surface area (TPSA) is 12.0 Å². The second kappa shape index (κ2) is 6.70. The molecule has 1 rings (SSSR count). The molecule has 16 heavy (non-hydrogen) atoms. The van der Waals surface area contributed by atoms with Crippen molar-refractivity contribution in [3.05, 3.63) is 35.4 Å². The van der Waals surface area contributed by atoms with Crippen molar-refractivity contribution in [1.82, 2.24) is 5.32 Å². The maximum atomic E-state index is 3.55. The summed E-state index contributed by atoms with van der Waals surface area (Å²) in [6.45, 7) is 9.94. The summed E-state index contributed by atoms with van der Waals surface area (Å²) < 4.78 is 0. The average Bonchev–Trinajstić information content (AvgIpc) is 2.27. The van der Waals surface area contributed by atoms with Gasteiger partial charge in [0, 0.05) is 12.6 Å². The minimum Gasteiger partial charge on any atom is -0.310 e. The van der Waals surface area contributed by atoms with Crippen LogP contribution in [0.1, 0.15) is 57.6 Å². The van der Waals surface area contributed by atoms with Crippen LogP contribution >= 0.6 is 0 Å². The van der Waals surface area contributed by atoms with Gasteiger partial charge in [0.25, 0.3) is 0 Å². The summed E-state index contributed by atoms with van der Waals surface area (Å²) in [5.74, 6) is 0.626. The van der Waals surface area contributed by atoms with E-state index in [2.05, 4.69) is 57.3 Å². The van der Waals surface area contributed by atoms with Crippen molar-refractivity contribution in [3.63, 3.8) is 0 Å². The first-order valence-electron chi connectivity index (χ1n) is 6.45. The number of rotatable bonds is 6.